The summed E-state index contributed by atoms with van der Waals surface area (Å²) in [4.78, 5) is 11.9. The number of phenols is 1. The Labute approximate surface area is 159 Å². The Morgan fingerprint density at radius 2 is 1.82 bits per heavy atom. The van der Waals surface area contributed by atoms with Gasteiger partial charge in [0, 0.05) is 6.08 Å². The summed E-state index contributed by atoms with van der Waals surface area (Å²) in [5, 5.41) is 12.1. The molecule has 0 aromatic heterocycles. The van der Waals surface area contributed by atoms with Gasteiger partial charge in [-0.1, -0.05) is 19.1 Å². The number of aromatic hydroxyl groups is 1. The second kappa shape index (κ2) is 8.34. The van der Waals surface area contributed by atoms with Crippen molar-refractivity contribution in [2.45, 2.75) is 18.2 Å². The van der Waals surface area contributed by atoms with Gasteiger partial charge in [-0.05, 0) is 42.0 Å². The molecule has 2 aromatic rings. The van der Waals surface area contributed by atoms with Gasteiger partial charge in [-0.15, -0.1) is 13.2 Å². The van der Waals surface area contributed by atoms with Gasteiger partial charge in [0.2, 0.25) is 5.91 Å². The van der Waals surface area contributed by atoms with Crippen molar-refractivity contribution < 1.29 is 36.2 Å². The van der Waals surface area contributed by atoms with Gasteiger partial charge in [-0.3, -0.25) is 4.79 Å². The van der Waals surface area contributed by atoms with E-state index in [1.54, 1.807) is 0 Å². The van der Waals surface area contributed by atoms with Crippen LogP contribution in [0.15, 0.2) is 53.4 Å². The van der Waals surface area contributed by atoms with Gasteiger partial charge in [0.1, 0.15) is 11.5 Å². The SMILES string of the molecule is CCS(=O)(=O)c1ccc(O)c(NC(=O)C=Cc2ccc(OC(F)(F)F)cc2)c1. The molecule has 0 saturated heterocycles. The monoisotopic (exact) mass is 415 g/mol. The summed E-state index contributed by atoms with van der Waals surface area (Å²) in [5.41, 5.74) is 0.342. The smallest absolute Gasteiger partial charge is 0.506 e. The van der Waals surface area contributed by atoms with Crippen molar-refractivity contribution in [2.24, 2.45) is 0 Å². The maximum atomic E-state index is 12.1. The van der Waals surface area contributed by atoms with Crippen molar-refractivity contribution in [3.05, 3.63) is 54.1 Å². The van der Waals surface area contributed by atoms with E-state index in [-0.39, 0.29) is 22.1 Å². The summed E-state index contributed by atoms with van der Waals surface area (Å²) in [6, 6.07) is 8.34. The largest absolute Gasteiger partial charge is 0.573 e. The topological polar surface area (TPSA) is 92.7 Å². The van der Waals surface area contributed by atoms with Gasteiger partial charge in [0.25, 0.3) is 0 Å². The summed E-state index contributed by atoms with van der Waals surface area (Å²) >= 11 is 0. The van der Waals surface area contributed by atoms with Crippen molar-refractivity contribution in [1.82, 2.24) is 0 Å². The molecular weight excluding hydrogens is 399 g/mol. The Balaban J connectivity index is 2.09. The number of anilines is 1. The Bertz CT molecular complexity index is 983. The van der Waals surface area contributed by atoms with E-state index in [2.05, 4.69) is 10.1 Å². The lowest BCUT2D eigenvalue weighted by molar-refractivity contribution is -0.274. The van der Waals surface area contributed by atoms with Crippen LogP contribution in [-0.2, 0) is 14.6 Å². The quantitative estimate of drug-likeness (QED) is 0.554. The van der Waals surface area contributed by atoms with Gasteiger partial charge in [-0.25, -0.2) is 8.42 Å². The number of halogens is 3. The summed E-state index contributed by atoms with van der Waals surface area (Å²) in [5.74, 6) is -1.52. The first-order chi connectivity index (χ1) is 13.0. The molecule has 150 valence electrons. The van der Waals surface area contributed by atoms with Crippen molar-refractivity contribution in [1.29, 1.82) is 0 Å². The van der Waals surface area contributed by atoms with Crippen LogP contribution < -0.4 is 10.1 Å². The summed E-state index contributed by atoms with van der Waals surface area (Å²) in [6.45, 7) is 1.47. The molecule has 1 amide bonds. The highest BCUT2D eigenvalue weighted by Crippen LogP contribution is 2.27. The summed E-state index contributed by atoms with van der Waals surface area (Å²) in [6.07, 6.45) is -2.38. The van der Waals surface area contributed by atoms with Crippen LogP contribution in [-0.4, -0.2) is 31.5 Å². The lowest BCUT2D eigenvalue weighted by Crippen LogP contribution is -2.16. The fourth-order valence-corrected chi connectivity index (χ4v) is 3.01. The minimum absolute atomic E-state index is 0.0488. The molecular formula is C18H16F3NO5S. The number of amides is 1. The number of hydrogen-bond donors (Lipinski definition) is 2. The standard InChI is InChI=1S/C18H16F3NO5S/c1-2-28(25,26)14-8-9-16(23)15(11-14)22-17(24)10-5-12-3-6-13(7-4-12)27-18(19,20)21/h3-11,23H,2H2,1H3,(H,22,24). The number of sulfone groups is 1. The third-order valence-corrected chi connectivity index (χ3v) is 5.24. The van der Waals surface area contributed by atoms with Gasteiger partial charge in [0.05, 0.1) is 16.3 Å². The highest BCUT2D eigenvalue weighted by atomic mass is 32.2. The van der Waals surface area contributed by atoms with Crippen molar-refractivity contribution in [3.8, 4) is 11.5 Å². The van der Waals surface area contributed by atoms with Crippen LogP contribution in [0.5, 0.6) is 11.5 Å². The summed E-state index contributed by atoms with van der Waals surface area (Å²) < 4.78 is 63.9. The molecule has 2 N–H and O–H groups in total. The molecule has 0 aliphatic carbocycles. The van der Waals surface area contributed by atoms with Crippen molar-refractivity contribution in [2.75, 3.05) is 11.1 Å². The molecule has 0 heterocycles. The molecule has 2 aromatic carbocycles. The van der Waals surface area contributed by atoms with Crippen molar-refractivity contribution in [3.63, 3.8) is 0 Å². The highest BCUT2D eigenvalue weighted by molar-refractivity contribution is 7.91. The van der Waals surface area contributed by atoms with Crippen LogP contribution in [0.25, 0.3) is 6.08 Å². The van der Waals surface area contributed by atoms with E-state index >= 15 is 0 Å². The minimum atomic E-state index is -4.79. The molecule has 0 fully saturated rings. The zero-order valence-electron chi connectivity index (χ0n) is 14.5. The average molecular weight is 415 g/mol. The van der Waals surface area contributed by atoms with Crippen LogP contribution in [0.4, 0.5) is 18.9 Å². The van der Waals surface area contributed by atoms with E-state index in [0.717, 1.165) is 30.3 Å². The number of hydrogen-bond acceptors (Lipinski definition) is 5. The first-order valence-corrected chi connectivity index (χ1v) is 9.56. The second-order valence-electron chi connectivity index (χ2n) is 5.52. The third kappa shape index (κ3) is 6.02. The number of rotatable bonds is 6. The molecule has 0 radical (unpaired) electrons. The molecule has 0 unspecified atom stereocenters. The average Bonchev–Trinajstić information content (AvgIpc) is 2.61. The van der Waals surface area contributed by atoms with Gasteiger partial charge in [0.15, 0.2) is 9.84 Å². The number of phenolic OH excluding ortho intramolecular Hbond substituents is 1. The molecule has 0 spiro atoms. The lowest BCUT2D eigenvalue weighted by atomic mass is 10.2. The van der Waals surface area contributed by atoms with Crippen LogP contribution in [0.2, 0.25) is 0 Å². The number of carbonyl (C=O) groups is 1. The second-order valence-corrected chi connectivity index (χ2v) is 7.80. The van der Waals surface area contributed by atoms with Gasteiger partial charge < -0.3 is 15.2 Å². The zero-order valence-corrected chi connectivity index (χ0v) is 15.3. The molecule has 2 rings (SSSR count). The fraction of sp³-hybridized carbons (Fsp3) is 0.167. The summed E-state index contributed by atoms with van der Waals surface area (Å²) in [7, 11) is -3.52. The number of alkyl halides is 3. The highest BCUT2D eigenvalue weighted by Gasteiger charge is 2.30. The Morgan fingerprint density at radius 1 is 1.18 bits per heavy atom. The first-order valence-electron chi connectivity index (χ1n) is 7.91. The third-order valence-electron chi connectivity index (χ3n) is 3.51. The molecule has 0 atom stereocenters. The van der Waals surface area contributed by atoms with E-state index in [1.807, 2.05) is 0 Å². The molecule has 0 aliphatic heterocycles. The molecule has 10 heteroatoms. The Kier molecular flexibility index (Phi) is 6.34. The zero-order chi connectivity index (χ0) is 20.9. The predicted molar refractivity (Wildman–Crippen MR) is 96.6 cm³/mol. The number of nitrogens with one attached hydrogen (secondary N) is 1. The molecule has 28 heavy (non-hydrogen) atoms. The maximum absolute atomic E-state index is 12.1. The molecule has 0 bridgehead atoms. The number of benzene rings is 2. The van der Waals surface area contributed by atoms with E-state index in [9.17, 15) is 31.5 Å². The van der Waals surface area contributed by atoms with E-state index < -0.39 is 27.9 Å². The van der Waals surface area contributed by atoms with Crippen LogP contribution in [0, 0.1) is 0 Å². The predicted octanol–water partition coefficient (Wildman–Crippen LogP) is 3.74. The molecule has 0 saturated carbocycles. The molecule has 6 nitrogen and oxygen atoms in total. The Hall–Kier alpha value is -3.01. The number of ether oxygens (including phenoxy) is 1. The maximum Gasteiger partial charge on any atom is 0.573 e. The van der Waals surface area contributed by atoms with Gasteiger partial charge >= 0.3 is 6.36 Å². The van der Waals surface area contributed by atoms with Crippen LogP contribution >= 0.6 is 0 Å². The van der Waals surface area contributed by atoms with Gasteiger partial charge in [-0.2, -0.15) is 0 Å². The lowest BCUT2D eigenvalue weighted by Gasteiger charge is -2.09. The first kappa shape index (κ1) is 21.3. The molecule has 0 aliphatic rings. The minimum Gasteiger partial charge on any atom is -0.506 e. The van der Waals surface area contributed by atoms with Crippen molar-refractivity contribution >= 4 is 27.5 Å². The normalized spacial score (nSPS) is 12.1. The van der Waals surface area contributed by atoms with E-state index in [0.29, 0.717) is 5.56 Å². The number of carbonyl (C=O) groups excluding carboxylic acids is 1. The van der Waals surface area contributed by atoms with Crippen LogP contribution in [0.1, 0.15) is 12.5 Å². The van der Waals surface area contributed by atoms with E-state index in [4.69, 9.17) is 0 Å². The van der Waals surface area contributed by atoms with Crippen LogP contribution in [0.3, 0.4) is 0 Å². The van der Waals surface area contributed by atoms with E-state index in [1.165, 1.54) is 31.2 Å². The fourth-order valence-electron chi connectivity index (χ4n) is 2.10. The Morgan fingerprint density at radius 3 is 2.39 bits per heavy atom.